The molecule has 0 spiro atoms. The van der Waals surface area contributed by atoms with Crippen LogP contribution in [-0.4, -0.2) is 45.2 Å². The van der Waals surface area contributed by atoms with Crippen LogP contribution in [0.1, 0.15) is 29.4 Å². The molecule has 4 rings (SSSR count). The van der Waals surface area contributed by atoms with Crippen molar-refractivity contribution >= 4 is 23.0 Å². The number of piperidine rings is 1. The van der Waals surface area contributed by atoms with Crippen LogP contribution in [-0.2, 0) is 9.59 Å². The van der Waals surface area contributed by atoms with Gasteiger partial charge in [0.15, 0.2) is 0 Å². The van der Waals surface area contributed by atoms with Crippen LogP contribution in [0.15, 0.2) is 36.7 Å². The number of carboxylic acids is 2. The molecule has 0 radical (unpaired) electrons. The molecule has 1 aliphatic heterocycles. The molecule has 3 N–H and O–H groups in total. The molecule has 2 aliphatic rings. The summed E-state index contributed by atoms with van der Waals surface area (Å²) >= 11 is 0. The molecule has 0 amide bonds. The summed E-state index contributed by atoms with van der Waals surface area (Å²) in [6.45, 7) is 2.24. The molecule has 2 bridgehead atoms. The van der Waals surface area contributed by atoms with Crippen molar-refractivity contribution in [1.82, 2.24) is 15.3 Å². The van der Waals surface area contributed by atoms with E-state index in [0.29, 0.717) is 24.0 Å². The van der Waals surface area contributed by atoms with Crippen molar-refractivity contribution in [3.63, 3.8) is 0 Å². The first kappa shape index (κ1) is 16.1. The molecular formula is C17H17N3O4. The van der Waals surface area contributed by atoms with Crippen LogP contribution in [0.2, 0.25) is 0 Å². The van der Waals surface area contributed by atoms with Gasteiger partial charge in [0.1, 0.15) is 0 Å². The maximum Gasteiger partial charge on any atom is 0.328 e. The number of aliphatic carboxylic acids is 2. The Morgan fingerprint density at radius 2 is 1.42 bits per heavy atom. The fraction of sp³-hybridized carbons (Fsp3) is 0.294. The Balaban J connectivity index is 0.000000183. The van der Waals surface area contributed by atoms with E-state index in [1.807, 2.05) is 0 Å². The largest absolute Gasteiger partial charge is 0.478 e. The third kappa shape index (κ3) is 3.41. The highest BCUT2D eigenvalue weighted by atomic mass is 16.4. The van der Waals surface area contributed by atoms with Gasteiger partial charge in [-0.25, -0.2) is 9.59 Å². The summed E-state index contributed by atoms with van der Waals surface area (Å²) in [5.41, 5.74) is 5.08. The van der Waals surface area contributed by atoms with Crippen LogP contribution < -0.4 is 5.32 Å². The molecule has 1 fully saturated rings. The minimum absolute atomic E-state index is 0.558. The van der Waals surface area contributed by atoms with Gasteiger partial charge in [0.2, 0.25) is 0 Å². The van der Waals surface area contributed by atoms with E-state index >= 15 is 0 Å². The number of carboxylic acid groups (broad SMARTS) is 2. The topological polar surface area (TPSA) is 112 Å². The second-order valence-electron chi connectivity index (χ2n) is 5.82. The van der Waals surface area contributed by atoms with Gasteiger partial charge in [-0.1, -0.05) is 0 Å². The maximum absolute atomic E-state index is 9.55. The normalized spacial score (nSPS) is 21.2. The molecule has 1 aromatic carbocycles. The number of aromatic nitrogens is 2. The van der Waals surface area contributed by atoms with Crippen molar-refractivity contribution < 1.29 is 19.8 Å². The Morgan fingerprint density at radius 3 is 1.83 bits per heavy atom. The van der Waals surface area contributed by atoms with Crippen molar-refractivity contribution in [3.8, 4) is 0 Å². The predicted octanol–water partition coefficient (Wildman–Crippen LogP) is 1.52. The smallest absolute Gasteiger partial charge is 0.328 e. The summed E-state index contributed by atoms with van der Waals surface area (Å²) in [4.78, 5) is 27.9. The Morgan fingerprint density at radius 1 is 0.958 bits per heavy atom. The first-order chi connectivity index (χ1) is 11.5. The number of carbonyl (C=O) groups is 2. The zero-order valence-corrected chi connectivity index (χ0v) is 12.8. The van der Waals surface area contributed by atoms with Crippen LogP contribution in [0.5, 0.6) is 0 Å². The summed E-state index contributed by atoms with van der Waals surface area (Å²) < 4.78 is 0. The molecule has 7 heteroatoms. The zero-order chi connectivity index (χ0) is 17.1. The Hall–Kier alpha value is -2.80. The maximum atomic E-state index is 9.55. The second-order valence-corrected chi connectivity index (χ2v) is 5.82. The van der Waals surface area contributed by atoms with E-state index in [9.17, 15) is 9.59 Å². The predicted molar refractivity (Wildman–Crippen MR) is 86.9 cm³/mol. The van der Waals surface area contributed by atoms with Gasteiger partial charge in [0, 0.05) is 37.6 Å². The lowest BCUT2D eigenvalue weighted by Gasteiger charge is -2.19. The highest BCUT2D eigenvalue weighted by molar-refractivity contribution is 5.89. The SMILES string of the molecule is O=C(O)/C=C\C(=O)O.c1cnc2cc3c(cc2n1)[C@@H]1CNC[C@H]3C1. The van der Waals surface area contributed by atoms with Crippen molar-refractivity contribution in [2.24, 2.45) is 0 Å². The van der Waals surface area contributed by atoms with Crippen LogP contribution in [0.4, 0.5) is 0 Å². The molecule has 0 unspecified atom stereocenters. The fourth-order valence-corrected chi connectivity index (χ4v) is 3.31. The van der Waals surface area contributed by atoms with Gasteiger partial charge in [-0.2, -0.15) is 0 Å². The average Bonchev–Trinajstić information content (AvgIpc) is 2.82. The number of rotatable bonds is 2. The lowest BCUT2D eigenvalue weighted by atomic mass is 9.98. The van der Waals surface area contributed by atoms with Gasteiger partial charge in [-0.05, 0) is 41.5 Å². The molecule has 2 aromatic rings. The van der Waals surface area contributed by atoms with E-state index in [1.165, 1.54) is 17.5 Å². The molecule has 1 aromatic heterocycles. The van der Waals surface area contributed by atoms with Crippen molar-refractivity contribution in [1.29, 1.82) is 0 Å². The Kier molecular flexibility index (Phi) is 4.52. The van der Waals surface area contributed by atoms with Gasteiger partial charge in [-0.15, -0.1) is 0 Å². The molecule has 2 atom stereocenters. The highest BCUT2D eigenvalue weighted by Crippen LogP contribution is 2.44. The number of nitrogens with one attached hydrogen (secondary N) is 1. The van der Waals surface area contributed by atoms with Gasteiger partial charge < -0.3 is 15.5 Å². The number of benzene rings is 1. The van der Waals surface area contributed by atoms with Gasteiger partial charge >= 0.3 is 11.9 Å². The summed E-state index contributed by atoms with van der Waals surface area (Å²) in [7, 11) is 0. The first-order valence-corrected chi connectivity index (χ1v) is 7.64. The third-order valence-corrected chi connectivity index (χ3v) is 4.27. The molecule has 0 saturated carbocycles. The average molecular weight is 327 g/mol. The van der Waals surface area contributed by atoms with Crippen molar-refractivity contribution in [2.75, 3.05) is 13.1 Å². The van der Waals surface area contributed by atoms with E-state index in [2.05, 4.69) is 27.4 Å². The van der Waals surface area contributed by atoms with Crippen LogP contribution in [0, 0.1) is 0 Å². The Labute approximate surface area is 138 Å². The monoisotopic (exact) mass is 327 g/mol. The zero-order valence-electron chi connectivity index (χ0n) is 12.8. The van der Waals surface area contributed by atoms with Crippen molar-refractivity contribution in [2.45, 2.75) is 18.3 Å². The fourth-order valence-electron chi connectivity index (χ4n) is 3.31. The summed E-state index contributed by atoms with van der Waals surface area (Å²) in [5, 5.41) is 19.1. The van der Waals surface area contributed by atoms with E-state index in [-0.39, 0.29) is 0 Å². The first-order valence-electron chi connectivity index (χ1n) is 7.64. The molecule has 7 nitrogen and oxygen atoms in total. The summed E-state index contributed by atoms with van der Waals surface area (Å²) in [6, 6.07) is 4.49. The number of hydrogen-bond donors (Lipinski definition) is 3. The van der Waals surface area contributed by atoms with E-state index < -0.39 is 11.9 Å². The van der Waals surface area contributed by atoms with Crippen LogP contribution in [0.25, 0.3) is 11.0 Å². The number of hydrogen-bond acceptors (Lipinski definition) is 5. The lowest BCUT2D eigenvalue weighted by Crippen LogP contribution is -2.28. The molecule has 1 saturated heterocycles. The van der Waals surface area contributed by atoms with Gasteiger partial charge in [0.05, 0.1) is 11.0 Å². The van der Waals surface area contributed by atoms with Crippen LogP contribution >= 0.6 is 0 Å². The number of fused-ring (bicyclic) bond motifs is 6. The van der Waals surface area contributed by atoms with E-state index in [4.69, 9.17) is 10.2 Å². The summed E-state index contributed by atoms with van der Waals surface area (Å²) in [6.07, 6.45) is 5.96. The minimum Gasteiger partial charge on any atom is -0.478 e. The van der Waals surface area contributed by atoms with E-state index in [1.54, 1.807) is 12.4 Å². The second kappa shape index (κ2) is 6.76. The minimum atomic E-state index is -1.26. The molecule has 24 heavy (non-hydrogen) atoms. The molecule has 1 aliphatic carbocycles. The Bertz CT molecular complexity index is 754. The molecule has 2 heterocycles. The number of nitrogens with zero attached hydrogens (tertiary/aromatic N) is 2. The lowest BCUT2D eigenvalue weighted by molar-refractivity contribution is -0.134. The standard InChI is InChI=1S/C13H13N3.C4H4O4/c1-2-16-13-5-11-9-3-8(6-14-7-9)10(11)4-12(13)15-1;5-3(6)1-2-4(7)8/h1-2,4-5,8-9,14H,3,6-7H2;1-2H,(H,5,6)(H,7,8)/b;2-1-/t8-,9+;. The molecule has 124 valence electrons. The van der Waals surface area contributed by atoms with Crippen LogP contribution in [0.3, 0.4) is 0 Å². The van der Waals surface area contributed by atoms with Gasteiger partial charge in [0.25, 0.3) is 0 Å². The van der Waals surface area contributed by atoms with E-state index in [0.717, 1.165) is 24.1 Å². The molecular weight excluding hydrogens is 310 g/mol. The third-order valence-electron chi connectivity index (χ3n) is 4.27. The van der Waals surface area contributed by atoms with Gasteiger partial charge in [-0.3, -0.25) is 9.97 Å². The van der Waals surface area contributed by atoms with Crippen molar-refractivity contribution in [3.05, 3.63) is 47.8 Å². The summed E-state index contributed by atoms with van der Waals surface area (Å²) in [5.74, 6) is -1.12. The highest BCUT2D eigenvalue weighted by Gasteiger charge is 2.34. The quantitative estimate of drug-likeness (QED) is 0.717.